The van der Waals surface area contributed by atoms with Crippen LogP contribution in [0.1, 0.15) is 13.8 Å². The largest absolute Gasteiger partial charge is 0.471 e. The maximum atomic E-state index is 12.1. The van der Waals surface area contributed by atoms with Crippen molar-refractivity contribution in [2.75, 3.05) is 32.7 Å². The Morgan fingerprint density at radius 1 is 1.29 bits per heavy atom. The van der Waals surface area contributed by atoms with Gasteiger partial charge in [-0.05, 0) is 37.7 Å². The van der Waals surface area contributed by atoms with E-state index in [1.165, 1.54) is 0 Å². The lowest BCUT2D eigenvalue weighted by Crippen LogP contribution is -2.53. The normalized spacial score (nSPS) is 17.4. The summed E-state index contributed by atoms with van der Waals surface area (Å²) in [6, 6.07) is 7.01. The molecule has 6 heteroatoms. The third-order valence-corrected chi connectivity index (χ3v) is 3.81. The number of urea groups is 1. The average molecular weight is 312 g/mol. The van der Waals surface area contributed by atoms with E-state index in [1.807, 2.05) is 11.8 Å². The van der Waals surface area contributed by atoms with Gasteiger partial charge < -0.3 is 19.9 Å². The maximum absolute atomic E-state index is 12.1. The SMILES string of the molecule is CCN1CCN(C(=O)NC(C)Oc2ccc(Cl)cc2)CC1. The molecule has 0 radical (unpaired) electrons. The molecule has 0 aliphatic carbocycles. The van der Waals surface area contributed by atoms with Gasteiger partial charge in [-0.1, -0.05) is 18.5 Å². The van der Waals surface area contributed by atoms with Gasteiger partial charge in [-0.2, -0.15) is 0 Å². The van der Waals surface area contributed by atoms with Crippen LogP contribution in [0.2, 0.25) is 5.02 Å². The summed E-state index contributed by atoms with van der Waals surface area (Å²) in [6.45, 7) is 8.35. The lowest BCUT2D eigenvalue weighted by atomic mass is 10.3. The van der Waals surface area contributed by atoms with Crippen molar-refractivity contribution < 1.29 is 9.53 Å². The fraction of sp³-hybridized carbons (Fsp3) is 0.533. The number of benzene rings is 1. The second-order valence-corrected chi connectivity index (χ2v) is 5.52. The molecule has 1 unspecified atom stereocenters. The van der Waals surface area contributed by atoms with E-state index in [2.05, 4.69) is 17.1 Å². The zero-order valence-electron chi connectivity index (χ0n) is 12.5. The summed E-state index contributed by atoms with van der Waals surface area (Å²) in [5.41, 5.74) is 0. The fourth-order valence-electron chi connectivity index (χ4n) is 2.28. The van der Waals surface area contributed by atoms with E-state index in [-0.39, 0.29) is 12.3 Å². The summed E-state index contributed by atoms with van der Waals surface area (Å²) in [4.78, 5) is 16.3. The Morgan fingerprint density at radius 2 is 1.90 bits per heavy atom. The van der Waals surface area contributed by atoms with Crippen LogP contribution in [0.4, 0.5) is 4.79 Å². The quantitative estimate of drug-likeness (QED) is 0.869. The molecule has 2 amide bonds. The first-order chi connectivity index (χ1) is 10.1. The molecule has 2 rings (SSSR count). The smallest absolute Gasteiger partial charge is 0.320 e. The molecule has 21 heavy (non-hydrogen) atoms. The minimum atomic E-state index is -0.386. The molecule has 1 atom stereocenters. The average Bonchev–Trinajstić information content (AvgIpc) is 2.49. The highest BCUT2D eigenvalue weighted by molar-refractivity contribution is 6.30. The molecule has 0 spiro atoms. The molecule has 1 aliphatic heterocycles. The van der Waals surface area contributed by atoms with Crippen LogP contribution in [0.3, 0.4) is 0 Å². The molecule has 1 fully saturated rings. The fourth-order valence-corrected chi connectivity index (χ4v) is 2.41. The third-order valence-electron chi connectivity index (χ3n) is 3.56. The van der Waals surface area contributed by atoms with E-state index < -0.39 is 0 Å². The summed E-state index contributed by atoms with van der Waals surface area (Å²) in [5.74, 6) is 0.683. The van der Waals surface area contributed by atoms with Crippen LogP contribution < -0.4 is 10.1 Å². The van der Waals surface area contributed by atoms with Crippen LogP contribution in [0, 0.1) is 0 Å². The van der Waals surface area contributed by atoms with Crippen molar-refractivity contribution in [3.05, 3.63) is 29.3 Å². The van der Waals surface area contributed by atoms with Crippen molar-refractivity contribution in [1.82, 2.24) is 15.1 Å². The zero-order valence-corrected chi connectivity index (χ0v) is 13.3. The van der Waals surface area contributed by atoms with Crippen molar-refractivity contribution in [2.45, 2.75) is 20.1 Å². The highest BCUT2D eigenvalue weighted by Crippen LogP contribution is 2.16. The van der Waals surface area contributed by atoms with Gasteiger partial charge in [-0.25, -0.2) is 4.79 Å². The van der Waals surface area contributed by atoms with Crippen LogP contribution in [-0.2, 0) is 0 Å². The molecule has 1 aromatic rings. The van der Waals surface area contributed by atoms with E-state index in [4.69, 9.17) is 16.3 Å². The third kappa shape index (κ3) is 4.79. The molecule has 0 saturated carbocycles. The highest BCUT2D eigenvalue weighted by Gasteiger charge is 2.21. The molecule has 1 aliphatic rings. The number of carbonyl (C=O) groups excluding carboxylic acids is 1. The molecule has 5 nitrogen and oxygen atoms in total. The number of ether oxygens (including phenoxy) is 1. The van der Waals surface area contributed by atoms with E-state index in [0.717, 1.165) is 32.7 Å². The number of likely N-dealkylation sites (N-methyl/N-ethyl adjacent to an activating group) is 1. The van der Waals surface area contributed by atoms with Crippen molar-refractivity contribution >= 4 is 17.6 Å². The van der Waals surface area contributed by atoms with Crippen LogP contribution in [0.25, 0.3) is 0 Å². The molecular weight excluding hydrogens is 290 g/mol. The number of piperazine rings is 1. The van der Waals surface area contributed by atoms with Crippen molar-refractivity contribution in [1.29, 1.82) is 0 Å². The van der Waals surface area contributed by atoms with Crippen molar-refractivity contribution in [2.24, 2.45) is 0 Å². The Kier molecular flexibility index (Phi) is 5.70. The second kappa shape index (κ2) is 7.52. The second-order valence-electron chi connectivity index (χ2n) is 5.08. The summed E-state index contributed by atoms with van der Waals surface area (Å²) in [7, 11) is 0. The van der Waals surface area contributed by atoms with E-state index in [1.54, 1.807) is 24.3 Å². The van der Waals surface area contributed by atoms with Gasteiger partial charge in [0.1, 0.15) is 5.75 Å². The minimum Gasteiger partial charge on any atom is -0.471 e. The summed E-state index contributed by atoms with van der Waals surface area (Å²) >= 11 is 5.82. The van der Waals surface area contributed by atoms with E-state index in [9.17, 15) is 4.79 Å². The van der Waals surface area contributed by atoms with Gasteiger partial charge in [0.05, 0.1) is 0 Å². The molecule has 0 aromatic heterocycles. The number of hydrogen-bond donors (Lipinski definition) is 1. The van der Waals surface area contributed by atoms with Crippen LogP contribution >= 0.6 is 11.6 Å². The Labute approximate surface area is 130 Å². The monoisotopic (exact) mass is 311 g/mol. The van der Waals surface area contributed by atoms with E-state index >= 15 is 0 Å². The lowest BCUT2D eigenvalue weighted by Gasteiger charge is -2.34. The number of halogens is 1. The molecule has 1 saturated heterocycles. The Bertz CT molecular complexity index is 458. The molecule has 1 N–H and O–H groups in total. The molecule has 1 aromatic carbocycles. The van der Waals surface area contributed by atoms with Crippen LogP contribution in [0.15, 0.2) is 24.3 Å². The number of nitrogens with one attached hydrogen (secondary N) is 1. The maximum Gasteiger partial charge on any atom is 0.320 e. The molecular formula is C15H22ClN3O2. The van der Waals surface area contributed by atoms with Crippen LogP contribution in [0.5, 0.6) is 5.75 Å². The predicted molar refractivity (Wildman–Crippen MR) is 83.8 cm³/mol. The first kappa shape index (κ1) is 15.9. The topological polar surface area (TPSA) is 44.8 Å². The number of rotatable bonds is 4. The van der Waals surface area contributed by atoms with Gasteiger partial charge in [0.25, 0.3) is 0 Å². The van der Waals surface area contributed by atoms with Crippen molar-refractivity contribution in [3.8, 4) is 5.75 Å². The number of hydrogen-bond acceptors (Lipinski definition) is 3. The zero-order chi connectivity index (χ0) is 15.2. The first-order valence-electron chi connectivity index (χ1n) is 7.28. The van der Waals surface area contributed by atoms with Gasteiger partial charge in [0.2, 0.25) is 0 Å². The predicted octanol–water partition coefficient (Wildman–Crippen LogP) is 2.41. The summed E-state index contributed by atoms with van der Waals surface area (Å²) in [6.07, 6.45) is -0.386. The number of carbonyl (C=O) groups is 1. The van der Waals surface area contributed by atoms with Crippen molar-refractivity contribution in [3.63, 3.8) is 0 Å². The Hall–Kier alpha value is -1.46. The highest BCUT2D eigenvalue weighted by atomic mass is 35.5. The summed E-state index contributed by atoms with van der Waals surface area (Å²) in [5, 5.41) is 3.52. The number of nitrogens with zero attached hydrogens (tertiary/aromatic N) is 2. The minimum absolute atomic E-state index is 0.0767. The van der Waals surface area contributed by atoms with Crippen LogP contribution in [-0.4, -0.2) is 54.8 Å². The van der Waals surface area contributed by atoms with E-state index in [0.29, 0.717) is 10.8 Å². The van der Waals surface area contributed by atoms with Gasteiger partial charge in [0, 0.05) is 31.2 Å². The molecule has 0 bridgehead atoms. The summed E-state index contributed by atoms with van der Waals surface area (Å²) < 4.78 is 5.65. The standard InChI is InChI=1S/C15H22ClN3O2/c1-3-18-8-10-19(11-9-18)15(20)17-12(2)21-14-6-4-13(16)5-7-14/h4-7,12H,3,8-11H2,1-2H3,(H,17,20). The Balaban J connectivity index is 1.78. The van der Waals surface area contributed by atoms with Gasteiger partial charge in [-0.15, -0.1) is 0 Å². The lowest BCUT2D eigenvalue weighted by molar-refractivity contribution is 0.123. The number of amides is 2. The molecule has 1 heterocycles. The molecule has 116 valence electrons. The van der Waals surface area contributed by atoms with Gasteiger partial charge >= 0.3 is 6.03 Å². The Morgan fingerprint density at radius 3 is 2.48 bits per heavy atom. The van der Waals surface area contributed by atoms with Gasteiger partial charge in [0.15, 0.2) is 6.23 Å². The van der Waals surface area contributed by atoms with Gasteiger partial charge in [-0.3, -0.25) is 0 Å². The first-order valence-corrected chi connectivity index (χ1v) is 7.66.